The van der Waals surface area contributed by atoms with Crippen LogP contribution >= 0.6 is 0 Å². The Hall–Kier alpha value is -0.950. The summed E-state index contributed by atoms with van der Waals surface area (Å²) >= 11 is 0. The summed E-state index contributed by atoms with van der Waals surface area (Å²) in [6.07, 6.45) is 1.11. The number of benzene rings is 1. The minimum atomic E-state index is -4.48. The molecule has 4 nitrogen and oxygen atoms in total. The molecule has 0 aliphatic heterocycles. The highest BCUT2D eigenvalue weighted by Crippen LogP contribution is 2.11. The molecule has 1 aromatic rings. The Labute approximate surface area is 94.2 Å². The average Bonchev–Trinajstić information content (AvgIpc) is 2.13. The topological polar surface area (TPSA) is 68.3 Å². The van der Waals surface area contributed by atoms with Gasteiger partial charge in [0.2, 0.25) is 0 Å². The van der Waals surface area contributed by atoms with Crippen LogP contribution in [0.2, 0.25) is 0 Å². The molecule has 1 aromatic carbocycles. The van der Waals surface area contributed by atoms with E-state index < -0.39 is 25.8 Å². The Bertz CT molecular complexity index is 558. The smallest absolute Gasteiger partial charge is 0.224 e. The van der Waals surface area contributed by atoms with Crippen molar-refractivity contribution in [2.45, 2.75) is 11.3 Å². The zero-order valence-electron chi connectivity index (χ0n) is 8.55. The molecule has 0 N–H and O–H groups in total. The maximum atomic E-state index is 12.2. The maximum absolute atomic E-state index is 12.2. The van der Waals surface area contributed by atoms with Crippen LogP contribution in [-0.4, -0.2) is 28.8 Å². The highest BCUT2D eigenvalue weighted by molar-refractivity contribution is 7.90. The van der Waals surface area contributed by atoms with Gasteiger partial charge in [-0.1, -0.05) is 12.1 Å². The predicted molar refractivity (Wildman–Crippen MR) is 58.2 cm³/mol. The summed E-state index contributed by atoms with van der Waals surface area (Å²) in [4.78, 5) is 0.152. The van der Waals surface area contributed by atoms with Crippen LogP contribution in [0.25, 0.3) is 0 Å². The number of aryl methyl sites for hydroxylation is 1. The molecule has 0 bridgehead atoms. The summed E-state index contributed by atoms with van der Waals surface area (Å²) < 4.78 is 55.0. The maximum Gasteiger partial charge on any atom is 0.302 e. The standard InChI is InChI=1S/C9H11FO4S2/c1-15(11,12)9-4-2-8(3-5-9)6-7-16(10,13)14/h2-5H,6-7H2,1H3. The highest BCUT2D eigenvalue weighted by Gasteiger charge is 2.09. The average molecular weight is 266 g/mol. The number of sulfone groups is 1. The van der Waals surface area contributed by atoms with E-state index in [2.05, 4.69) is 0 Å². The second-order valence-electron chi connectivity index (χ2n) is 3.41. The fourth-order valence-corrected chi connectivity index (χ4v) is 2.25. The third-order valence-corrected chi connectivity index (χ3v) is 3.81. The SMILES string of the molecule is CS(=O)(=O)c1ccc(CCS(=O)(=O)F)cc1. The van der Waals surface area contributed by atoms with E-state index in [4.69, 9.17) is 0 Å². The van der Waals surface area contributed by atoms with Gasteiger partial charge in [-0.3, -0.25) is 0 Å². The molecule has 16 heavy (non-hydrogen) atoms. The third-order valence-electron chi connectivity index (χ3n) is 1.99. The summed E-state index contributed by atoms with van der Waals surface area (Å²) in [5.41, 5.74) is 0.577. The molecule has 0 aliphatic carbocycles. The van der Waals surface area contributed by atoms with E-state index in [1.807, 2.05) is 0 Å². The lowest BCUT2D eigenvalue weighted by molar-refractivity contribution is 0.551. The van der Waals surface area contributed by atoms with Crippen LogP contribution in [0, 0.1) is 0 Å². The summed E-state index contributed by atoms with van der Waals surface area (Å²) in [6.45, 7) is 0. The van der Waals surface area contributed by atoms with E-state index >= 15 is 0 Å². The Morgan fingerprint density at radius 1 is 1.06 bits per heavy atom. The molecule has 0 aliphatic rings. The fraction of sp³-hybridized carbons (Fsp3) is 0.333. The van der Waals surface area contributed by atoms with Crippen molar-refractivity contribution >= 4 is 20.1 Å². The van der Waals surface area contributed by atoms with Gasteiger partial charge in [-0.05, 0) is 24.1 Å². The molecule has 7 heteroatoms. The van der Waals surface area contributed by atoms with E-state index in [9.17, 15) is 20.7 Å². The van der Waals surface area contributed by atoms with Gasteiger partial charge in [0.1, 0.15) is 0 Å². The first-order valence-corrected chi connectivity index (χ1v) is 7.84. The van der Waals surface area contributed by atoms with Crippen LogP contribution in [-0.2, 0) is 26.5 Å². The van der Waals surface area contributed by atoms with Crippen molar-refractivity contribution in [1.82, 2.24) is 0 Å². The van der Waals surface area contributed by atoms with E-state index in [0.29, 0.717) is 5.56 Å². The molecule has 0 fully saturated rings. The lowest BCUT2D eigenvalue weighted by atomic mass is 10.2. The predicted octanol–water partition coefficient (Wildman–Crippen LogP) is 0.932. The lowest BCUT2D eigenvalue weighted by Gasteiger charge is -2.01. The van der Waals surface area contributed by atoms with Crippen molar-refractivity contribution in [3.8, 4) is 0 Å². The van der Waals surface area contributed by atoms with Crippen LogP contribution in [0.1, 0.15) is 5.56 Å². The van der Waals surface area contributed by atoms with Gasteiger partial charge < -0.3 is 0 Å². The van der Waals surface area contributed by atoms with Crippen molar-refractivity contribution in [2.24, 2.45) is 0 Å². The van der Waals surface area contributed by atoms with Gasteiger partial charge in [0.15, 0.2) is 9.84 Å². The van der Waals surface area contributed by atoms with Crippen molar-refractivity contribution in [1.29, 1.82) is 0 Å². The number of rotatable bonds is 4. The van der Waals surface area contributed by atoms with Crippen molar-refractivity contribution in [3.63, 3.8) is 0 Å². The Morgan fingerprint density at radius 3 is 1.94 bits per heavy atom. The van der Waals surface area contributed by atoms with Gasteiger partial charge >= 0.3 is 10.2 Å². The second-order valence-corrected chi connectivity index (χ2v) is 6.91. The third kappa shape index (κ3) is 4.28. The molecular weight excluding hydrogens is 255 g/mol. The molecule has 0 spiro atoms. The molecule has 0 saturated heterocycles. The molecule has 0 saturated carbocycles. The summed E-state index contributed by atoms with van der Waals surface area (Å²) in [5.74, 6) is -0.592. The van der Waals surface area contributed by atoms with E-state index in [0.717, 1.165) is 6.26 Å². The van der Waals surface area contributed by atoms with Crippen molar-refractivity contribution < 1.29 is 20.7 Å². The molecule has 1 rings (SSSR count). The second kappa shape index (κ2) is 4.50. The van der Waals surface area contributed by atoms with Gasteiger partial charge in [0, 0.05) is 6.26 Å². The minimum Gasteiger partial charge on any atom is -0.224 e. The normalized spacial score (nSPS) is 12.6. The van der Waals surface area contributed by atoms with Crippen LogP contribution in [0.4, 0.5) is 3.89 Å². The first-order chi connectivity index (χ1) is 7.18. The van der Waals surface area contributed by atoms with Crippen molar-refractivity contribution in [2.75, 3.05) is 12.0 Å². The summed E-state index contributed by atoms with van der Waals surface area (Å²) in [5, 5.41) is 0. The molecular formula is C9H11FO4S2. The largest absolute Gasteiger partial charge is 0.302 e. The van der Waals surface area contributed by atoms with Gasteiger partial charge in [-0.2, -0.15) is 8.42 Å². The van der Waals surface area contributed by atoms with E-state index in [1.54, 1.807) is 0 Å². The molecule has 0 amide bonds. The van der Waals surface area contributed by atoms with Crippen molar-refractivity contribution in [3.05, 3.63) is 29.8 Å². The van der Waals surface area contributed by atoms with Gasteiger partial charge in [-0.25, -0.2) is 8.42 Å². The first kappa shape index (κ1) is 13.1. The highest BCUT2D eigenvalue weighted by atomic mass is 32.3. The van der Waals surface area contributed by atoms with Crippen LogP contribution in [0.15, 0.2) is 29.2 Å². The lowest BCUT2D eigenvalue weighted by Crippen LogP contribution is -2.02. The monoisotopic (exact) mass is 266 g/mol. The zero-order chi connectivity index (χ0) is 12.4. The molecule has 0 radical (unpaired) electrons. The Morgan fingerprint density at radius 2 is 1.56 bits per heavy atom. The van der Waals surface area contributed by atoms with Gasteiger partial charge in [0.05, 0.1) is 10.6 Å². The van der Waals surface area contributed by atoms with Gasteiger partial charge in [-0.15, -0.1) is 3.89 Å². The molecule has 0 heterocycles. The number of hydrogen-bond acceptors (Lipinski definition) is 4. The molecule has 0 aromatic heterocycles. The van der Waals surface area contributed by atoms with Crippen LogP contribution < -0.4 is 0 Å². The van der Waals surface area contributed by atoms with E-state index in [1.165, 1.54) is 24.3 Å². The Balaban J connectivity index is 2.81. The minimum absolute atomic E-state index is 0.0306. The van der Waals surface area contributed by atoms with E-state index in [-0.39, 0.29) is 11.3 Å². The zero-order valence-corrected chi connectivity index (χ0v) is 10.2. The molecule has 0 unspecified atom stereocenters. The first-order valence-electron chi connectivity index (χ1n) is 4.40. The number of halogens is 1. The molecule has 0 atom stereocenters. The molecule has 90 valence electrons. The summed E-state index contributed by atoms with van der Waals surface area (Å²) in [6, 6.07) is 5.69. The quantitative estimate of drug-likeness (QED) is 0.760. The Kier molecular flexibility index (Phi) is 3.69. The summed E-state index contributed by atoms with van der Waals surface area (Å²) in [7, 11) is -7.73. The number of hydrogen-bond donors (Lipinski definition) is 0. The van der Waals surface area contributed by atoms with Gasteiger partial charge in [0.25, 0.3) is 0 Å². The van der Waals surface area contributed by atoms with Crippen LogP contribution in [0.3, 0.4) is 0 Å². The fourth-order valence-electron chi connectivity index (χ4n) is 1.14. The van der Waals surface area contributed by atoms with Crippen LogP contribution in [0.5, 0.6) is 0 Å².